The van der Waals surface area contributed by atoms with Crippen LogP contribution in [0.1, 0.15) is 101 Å². The molecule has 8 unspecified atom stereocenters. The van der Waals surface area contributed by atoms with Crippen molar-refractivity contribution >= 4 is 35.6 Å². The van der Waals surface area contributed by atoms with Gasteiger partial charge in [0.25, 0.3) is 0 Å². The van der Waals surface area contributed by atoms with Gasteiger partial charge in [0.2, 0.25) is 23.6 Å². The molecule has 0 radical (unpaired) electrons. The van der Waals surface area contributed by atoms with Gasteiger partial charge in [-0.05, 0) is 37.5 Å². The van der Waals surface area contributed by atoms with Crippen molar-refractivity contribution in [3.8, 4) is 0 Å². The van der Waals surface area contributed by atoms with Crippen LogP contribution in [-0.4, -0.2) is 117 Å². The third-order valence-corrected chi connectivity index (χ3v) is 8.92. The normalized spacial score (nSPS) is 20.2. The molecule has 4 amide bonds. The molecule has 1 saturated heterocycles. The van der Waals surface area contributed by atoms with Gasteiger partial charge in [0.15, 0.2) is 0 Å². The second kappa shape index (κ2) is 18.9. The van der Waals surface area contributed by atoms with E-state index < -0.39 is 72.0 Å². The molecule has 0 aliphatic carbocycles. The van der Waals surface area contributed by atoms with Crippen LogP contribution in [-0.2, 0) is 33.5 Å². The molecule has 270 valence electrons. The first-order chi connectivity index (χ1) is 21.7. The highest BCUT2D eigenvalue weighted by molar-refractivity contribution is 5.95. The first-order valence-electron chi connectivity index (χ1n) is 17.0. The minimum atomic E-state index is -1.42. The number of carboxylic acids is 1. The minimum Gasteiger partial charge on any atom is -0.480 e. The number of amides is 4. The fourth-order valence-corrected chi connectivity index (χ4v) is 6.44. The molecule has 3 N–H and O–H groups in total. The molecule has 13 heteroatoms. The zero-order valence-electron chi connectivity index (χ0n) is 30.3. The standard InChI is InChI=1S/C34H60N4O9/c1-12-13-14-21(6)16-22(7)31(42)36(10)26(15-19(2)3)30(41)35-28(23(8)47-24(9)39)32(43)37(11)29(20(4)5)33(44)38-18-25(40)17-27(38)34(45)46/h19-23,25-29,40H,12-18H2,1-11H3,(H,35,41)(H,45,46). The summed E-state index contributed by atoms with van der Waals surface area (Å²) in [5, 5.41) is 22.5. The zero-order chi connectivity index (χ0) is 36.3. The number of aliphatic carboxylic acids is 1. The van der Waals surface area contributed by atoms with E-state index in [4.69, 9.17) is 4.74 Å². The van der Waals surface area contributed by atoms with Crippen LogP contribution in [0.2, 0.25) is 0 Å². The number of β-amino-alcohol motifs (C(OH)–C–C–N with tert-alkyl or cyclic N) is 1. The first-order valence-corrected chi connectivity index (χ1v) is 17.0. The number of unbranched alkanes of at least 4 members (excludes halogenated alkanes) is 1. The van der Waals surface area contributed by atoms with Gasteiger partial charge in [-0.15, -0.1) is 0 Å². The molecular weight excluding hydrogens is 608 g/mol. The van der Waals surface area contributed by atoms with Crippen LogP contribution in [0, 0.1) is 23.7 Å². The van der Waals surface area contributed by atoms with Crippen molar-refractivity contribution in [2.75, 3.05) is 20.6 Å². The molecule has 47 heavy (non-hydrogen) atoms. The molecule has 0 aromatic rings. The average molecular weight is 669 g/mol. The number of hydrogen-bond donors (Lipinski definition) is 3. The second-order valence-corrected chi connectivity index (χ2v) is 14.2. The quantitative estimate of drug-likeness (QED) is 0.186. The number of rotatable bonds is 18. The van der Waals surface area contributed by atoms with Crippen LogP contribution in [0.15, 0.2) is 0 Å². The number of aliphatic hydroxyl groups is 1. The van der Waals surface area contributed by atoms with Crippen LogP contribution in [0.25, 0.3) is 0 Å². The van der Waals surface area contributed by atoms with E-state index in [2.05, 4.69) is 19.2 Å². The van der Waals surface area contributed by atoms with Gasteiger partial charge in [0.05, 0.1) is 6.10 Å². The molecule has 1 rings (SSSR count). The number of hydrogen-bond acceptors (Lipinski definition) is 8. The Morgan fingerprint density at radius 3 is 2.02 bits per heavy atom. The molecule has 13 nitrogen and oxygen atoms in total. The number of nitrogens with zero attached hydrogens (tertiary/aromatic N) is 3. The molecule has 1 aliphatic heterocycles. The van der Waals surface area contributed by atoms with Crippen LogP contribution in [0.3, 0.4) is 0 Å². The number of likely N-dealkylation sites (tertiary alicyclic amines) is 1. The van der Waals surface area contributed by atoms with Gasteiger partial charge in [0.1, 0.15) is 30.3 Å². The maximum Gasteiger partial charge on any atom is 0.326 e. The van der Waals surface area contributed by atoms with Gasteiger partial charge >= 0.3 is 11.9 Å². The van der Waals surface area contributed by atoms with Crippen molar-refractivity contribution in [2.24, 2.45) is 23.7 Å². The minimum absolute atomic E-state index is 0.0171. The number of likely N-dealkylation sites (N-methyl/N-ethyl adjacent to an activating group) is 2. The van der Waals surface area contributed by atoms with Gasteiger partial charge in [0, 0.05) is 39.9 Å². The Hall–Kier alpha value is -3.22. The Morgan fingerprint density at radius 2 is 1.53 bits per heavy atom. The van der Waals surface area contributed by atoms with E-state index in [0.29, 0.717) is 18.8 Å². The number of carbonyl (C=O) groups is 6. The average Bonchev–Trinajstić information content (AvgIpc) is 3.37. The second-order valence-electron chi connectivity index (χ2n) is 14.2. The Kier molecular flexibility index (Phi) is 16.9. The third kappa shape index (κ3) is 12.1. The monoisotopic (exact) mass is 668 g/mol. The fourth-order valence-electron chi connectivity index (χ4n) is 6.44. The smallest absolute Gasteiger partial charge is 0.326 e. The van der Waals surface area contributed by atoms with Gasteiger partial charge in [-0.25, -0.2) is 4.79 Å². The summed E-state index contributed by atoms with van der Waals surface area (Å²) in [7, 11) is 2.95. The predicted octanol–water partition coefficient (Wildman–Crippen LogP) is 2.68. The highest BCUT2D eigenvalue weighted by atomic mass is 16.5. The highest BCUT2D eigenvalue weighted by Crippen LogP contribution is 2.25. The lowest BCUT2D eigenvalue weighted by Crippen LogP contribution is -2.62. The molecule has 8 atom stereocenters. The molecule has 0 bridgehead atoms. The molecule has 0 spiro atoms. The van der Waals surface area contributed by atoms with E-state index in [1.54, 1.807) is 20.9 Å². The topological polar surface area (TPSA) is 174 Å². The van der Waals surface area contributed by atoms with Crippen molar-refractivity contribution in [3.63, 3.8) is 0 Å². The Bertz CT molecular complexity index is 1100. The molecule has 1 heterocycles. The lowest BCUT2D eigenvalue weighted by molar-refractivity contribution is -0.157. The summed E-state index contributed by atoms with van der Waals surface area (Å²) in [4.78, 5) is 82.8. The van der Waals surface area contributed by atoms with E-state index in [0.717, 1.165) is 29.1 Å². The van der Waals surface area contributed by atoms with Crippen molar-refractivity contribution in [1.82, 2.24) is 20.0 Å². The van der Waals surface area contributed by atoms with Gasteiger partial charge < -0.3 is 35.0 Å². The van der Waals surface area contributed by atoms with E-state index in [1.165, 1.54) is 25.8 Å². The zero-order valence-corrected chi connectivity index (χ0v) is 30.3. The predicted molar refractivity (Wildman–Crippen MR) is 177 cm³/mol. The summed E-state index contributed by atoms with van der Waals surface area (Å²) >= 11 is 0. The van der Waals surface area contributed by atoms with E-state index in [9.17, 15) is 39.0 Å². The fraction of sp³-hybridized carbons (Fsp3) is 0.824. The molecule has 1 aliphatic rings. The maximum absolute atomic E-state index is 14.1. The number of nitrogens with one attached hydrogen (secondary N) is 1. The Morgan fingerprint density at radius 1 is 0.936 bits per heavy atom. The number of carbonyl (C=O) groups excluding carboxylic acids is 5. The van der Waals surface area contributed by atoms with Gasteiger partial charge in [-0.3, -0.25) is 24.0 Å². The Labute approximate surface area is 280 Å². The SMILES string of the molecule is CCCCC(C)CC(C)C(=O)N(C)C(CC(C)C)C(=O)NC(C(=O)N(C)C(C(=O)N1CC(O)CC1C(=O)O)C(C)C)C(C)OC(C)=O. The summed E-state index contributed by atoms with van der Waals surface area (Å²) in [5.74, 6) is -4.58. The van der Waals surface area contributed by atoms with E-state index >= 15 is 0 Å². The molecule has 0 saturated carbocycles. The van der Waals surface area contributed by atoms with Crippen molar-refractivity contribution in [3.05, 3.63) is 0 Å². The summed E-state index contributed by atoms with van der Waals surface area (Å²) in [6.45, 7) is 15.8. The van der Waals surface area contributed by atoms with Crippen LogP contribution >= 0.6 is 0 Å². The third-order valence-electron chi connectivity index (χ3n) is 8.92. The lowest BCUT2D eigenvalue weighted by Gasteiger charge is -2.38. The molecule has 0 aromatic carbocycles. The number of ether oxygens (including phenoxy) is 1. The van der Waals surface area contributed by atoms with Crippen LogP contribution in [0.4, 0.5) is 0 Å². The van der Waals surface area contributed by atoms with Crippen molar-refractivity contribution < 1.29 is 43.7 Å². The number of esters is 1. The summed E-state index contributed by atoms with van der Waals surface area (Å²) in [6.07, 6.45) is 1.84. The summed E-state index contributed by atoms with van der Waals surface area (Å²) < 4.78 is 5.34. The highest BCUT2D eigenvalue weighted by Gasteiger charge is 2.45. The van der Waals surface area contributed by atoms with E-state index in [1.807, 2.05) is 20.8 Å². The first kappa shape index (κ1) is 41.8. The van der Waals surface area contributed by atoms with Crippen molar-refractivity contribution in [2.45, 2.75) is 137 Å². The van der Waals surface area contributed by atoms with Gasteiger partial charge in [-0.1, -0.05) is 67.7 Å². The number of aliphatic hydroxyl groups excluding tert-OH is 1. The molecule has 1 fully saturated rings. The summed E-state index contributed by atoms with van der Waals surface area (Å²) in [6, 6.07) is -4.75. The molecular formula is C34H60N4O9. The largest absolute Gasteiger partial charge is 0.480 e. The Balaban J connectivity index is 3.39. The summed E-state index contributed by atoms with van der Waals surface area (Å²) in [5.41, 5.74) is 0. The lowest BCUT2D eigenvalue weighted by atomic mass is 9.91. The maximum atomic E-state index is 14.1. The van der Waals surface area contributed by atoms with Crippen LogP contribution in [0.5, 0.6) is 0 Å². The molecule has 0 aromatic heterocycles. The van der Waals surface area contributed by atoms with Gasteiger partial charge in [-0.2, -0.15) is 0 Å². The van der Waals surface area contributed by atoms with Crippen molar-refractivity contribution in [1.29, 1.82) is 0 Å². The van der Waals surface area contributed by atoms with E-state index in [-0.39, 0.29) is 30.7 Å². The van der Waals surface area contributed by atoms with Crippen LogP contribution < -0.4 is 5.32 Å². The number of carboxylic acid groups (broad SMARTS) is 1.